The first-order valence-corrected chi connectivity index (χ1v) is 7.20. The second-order valence-electron chi connectivity index (χ2n) is 4.83. The first-order chi connectivity index (χ1) is 9.48. The molecule has 1 atom stereocenters. The van der Waals surface area contributed by atoms with Crippen LogP contribution in [0.25, 0.3) is 0 Å². The second-order valence-corrected chi connectivity index (χ2v) is 5.23. The number of hydrogen-bond acceptors (Lipinski definition) is 3. The van der Waals surface area contributed by atoms with E-state index in [-0.39, 0.29) is 12.5 Å². The van der Waals surface area contributed by atoms with Crippen molar-refractivity contribution in [1.29, 1.82) is 0 Å². The van der Waals surface area contributed by atoms with Gasteiger partial charge in [-0.25, -0.2) is 0 Å². The van der Waals surface area contributed by atoms with Crippen LogP contribution in [0.5, 0.6) is 5.75 Å². The van der Waals surface area contributed by atoms with Gasteiger partial charge < -0.3 is 15.2 Å². The number of aliphatic hydroxyl groups is 1. The molecule has 0 aliphatic heterocycles. The minimum atomic E-state index is -0.682. The van der Waals surface area contributed by atoms with Crippen molar-refractivity contribution in [2.24, 2.45) is 0 Å². The first-order valence-electron chi connectivity index (χ1n) is 6.82. The zero-order valence-corrected chi connectivity index (χ0v) is 12.9. The Labute approximate surface area is 125 Å². The van der Waals surface area contributed by atoms with Gasteiger partial charge in [0.25, 0.3) is 5.91 Å². The Bertz CT molecular complexity index is 438. The molecule has 0 aromatic heterocycles. The molecule has 2 N–H and O–H groups in total. The van der Waals surface area contributed by atoms with Crippen LogP contribution in [0.15, 0.2) is 24.3 Å². The largest absolute Gasteiger partial charge is 0.479 e. The van der Waals surface area contributed by atoms with Crippen molar-refractivity contribution >= 4 is 17.5 Å². The van der Waals surface area contributed by atoms with Gasteiger partial charge in [-0.1, -0.05) is 37.6 Å². The van der Waals surface area contributed by atoms with Gasteiger partial charge in [-0.15, -0.1) is 0 Å². The van der Waals surface area contributed by atoms with Crippen molar-refractivity contribution in [2.45, 2.75) is 45.3 Å². The number of amides is 1. The number of hydrogen-bond donors (Lipinski definition) is 2. The molecule has 0 aliphatic carbocycles. The molecule has 1 amide bonds. The lowest BCUT2D eigenvalue weighted by atomic mass is 9.93. The number of carbonyl (C=O) groups excluding carboxylic acids is 1. The maximum absolute atomic E-state index is 12.2. The molecule has 1 aromatic rings. The first kappa shape index (κ1) is 16.8. The Morgan fingerprint density at radius 2 is 2.00 bits per heavy atom. The highest BCUT2D eigenvalue weighted by atomic mass is 35.5. The summed E-state index contributed by atoms with van der Waals surface area (Å²) < 4.78 is 5.56. The van der Waals surface area contributed by atoms with E-state index in [0.717, 1.165) is 0 Å². The van der Waals surface area contributed by atoms with Crippen LogP contribution in [0.3, 0.4) is 0 Å². The molecule has 0 spiro atoms. The molecule has 0 saturated carbocycles. The summed E-state index contributed by atoms with van der Waals surface area (Å²) in [4.78, 5) is 12.2. The van der Waals surface area contributed by atoms with Gasteiger partial charge in [0.1, 0.15) is 5.75 Å². The second kappa shape index (κ2) is 7.50. The summed E-state index contributed by atoms with van der Waals surface area (Å²) in [6, 6.07) is 7.01. The summed E-state index contributed by atoms with van der Waals surface area (Å²) in [6.45, 7) is 5.43. The average molecular weight is 300 g/mol. The van der Waals surface area contributed by atoms with E-state index in [4.69, 9.17) is 16.3 Å². The van der Waals surface area contributed by atoms with Crippen LogP contribution in [0.2, 0.25) is 5.02 Å². The summed E-state index contributed by atoms with van der Waals surface area (Å²) in [5, 5.41) is 12.8. The molecule has 20 heavy (non-hydrogen) atoms. The van der Waals surface area contributed by atoms with Crippen LogP contribution in [-0.4, -0.2) is 29.3 Å². The molecule has 112 valence electrons. The Kier molecular flexibility index (Phi) is 6.30. The zero-order valence-electron chi connectivity index (χ0n) is 12.1. The fourth-order valence-electron chi connectivity index (χ4n) is 1.84. The number of carbonyl (C=O) groups is 1. The van der Waals surface area contributed by atoms with Crippen LogP contribution in [0.4, 0.5) is 0 Å². The smallest absolute Gasteiger partial charge is 0.261 e. The van der Waals surface area contributed by atoms with Gasteiger partial charge >= 0.3 is 0 Å². The quantitative estimate of drug-likeness (QED) is 0.814. The van der Waals surface area contributed by atoms with Gasteiger partial charge in [0.05, 0.1) is 17.2 Å². The van der Waals surface area contributed by atoms with Gasteiger partial charge in [-0.3, -0.25) is 4.79 Å². The van der Waals surface area contributed by atoms with Crippen molar-refractivity contribution in [3.8, 4) is 5.75 Å². The Balaban J connectivity index is 2.70. The molecular weight excluding hydrogens is 278 g/mol. The third-order valence-electron chi connectivity index (χ3n) is 3.55. The molecule has 0 aliphatic rings. The summed E-state index contributed by atoms with van der Waals surface area (Å²) in [6.07, 6.45) is 0.633. The number of benzene rings is 1. The molecule has 0 bridgehead atoms. The third kappa shape index (κ3) is 4.12. The molecule has 0 radical (unpaired) electrons. The van der Waals surface area contributed by atoms with Crippen molar-refractivity contribution in [3.05, 3.63) is 29.3 Å². The van der Waals surface area contributed by atoms with Crippen molar-refractivity contribution in [2.75, 3.05) is 6.61 Å². The number of rotatable bonds is 7. The standard InChI is InChI=1S/C15H22ClNO3/c1-4-15(5-2,10-18)17-14(19)11(3)20-13-9-7-6-8-12(13)16/h6-9,11,18H,4-5,10H2,1-3H3,(H,17,19). The lowest BCUT2D eigenvalue weighted by molar-refractivity contribution is -0.130. The van der Waals surface area contributed by atoms with Crippen LogP contribution in [-0.2, 0) is 4.79 Å². The van der Waals surface area contributed by atoms with E-state index >= 15 is 0 Å². The van der Waals surface area contributed by atoms with Crippen LogP contribution in [0.1, 0.15) is 33.6 Å². The van der Waals surface area contributed by atoms with Crippen LogP contribution < -0.4 is 10.1 Å². The normalized spacial score (nSPS) is 12.8. The number of ether oxygens (including phenoxy) is 1. The minimum Gasteiger partial charge on any atom is -0.479 e. The van der Waals surface area contributed by atoms with Crippen molar-refractivity contribution in [1.82, 2.24) is 5.32 Å². The Hall–Kier alpha value is -1.26. The number of aliphatic hydroxyl groups excluding tert-OH is 1. The van der Waals surface area contributed by atoms with Gasteiger partial charge in [-0.05, 0) is 31.9 Å². The fraction of sp³-hybridized carbons (Fsp3) is 0.533. The molecule has 0 saturated heterocycles. The lowest BCUT2D eigenvalue weighted by Gasteiger charge is -2.32. The number of para-hydroxylation sites is 1. The SMILES string of the molecule is CCC(CC)(CO)NC(=O)C(C)Oc1ccccc1Cl. The van der Waals surface area contributed by atoms with E-state index in [9.17, 15) is 9.90 Å². The van der Waals surface area contributed by atoms with Gasteiger partial charge in [0.15, 0.2) is 6.10 Å². The Morgan fingerprint density at radius 1 is 1.40 bits per heavy atom. The van der Waals surface area contributed by atoms with Crippen molar-refractivity contribution in [3.63, 3.8) is 0 Å². The molecule has 0 heterocycles. The highest BCUT2D eigenvalue weighted by molar-refractivity contribution is 6.32. The van der Waals surface area contributed by atoms with Gasteiger partial charge in [0, 0.05) is 0 Å². The predicted molar refractivity (Wildman–Crippen MR) is 80.1 cm³/mol. The molecule has 0 fully saturated rings. The molecular formula is C15H22ClNO3. The van der Waals surface area contributed by atoms with Crippen LogP contribution >= 0.6 is 11.6 Å². The number of halogens is 1. The molecule has 4 nitrogen and oxygen atoms in total. The monoisotopic (exact) mass is 299 g/mol. The van der Waals surface area contributed by atoms with E-state index in [0.29, 0.717) is 23.6 Å². The van der Waals surface area contributed by atoms with E-state index in [2.05, 4.69) is 5.32 Å². The average Bonchev–Trinajstić information content (AvgIpc) is 2.47. The van der Waals surface area contributed by atoms with Gasteiger partial charge in [0.2, 0.25) is 0 Å². The topological polar surface area (TPSA) is 58.6 Å². The fourth-order valence-corrected chi connectivity index (χ4v) is 2.02. The lowest BCUT2D eigenvalue weighted by Crippen LogP contribution is -2.54. The summed E-state index contributed by atoms with van der Waals surface area (Å²) >= 11 is 5.99. The third-order valence-corrected chi connectivity index (χ3v) is 3.87. The van der Waals surface area contributed by atoms with E-state index in [1.807, 2.05) is 13.8 Å². The van der Waals surface area contributed by atoms with Crippen molar-refractivity contribution < 1.29 is 14.6 Å². The molecule has 1 aromatic carbocycles. The molecule has 5 heteroatoms. The summed E-state index contributed by atoms with van der Waals surface area (Å²) in [7, 11) is 0. The maximum atomic E-state index is 12.2. The predicted octanol–water partition coefficient (Wildman–Crippen LogP) is 2.77. The zero-order chi connectivity index (χ0) is 15.2. The molecule has 1 rings (SSSR count). The summed E-state index contributed by atoms with van der Waals surface area (Å²) in [5.74, 6) is 0.210. The Morgan fingerprint density at radius 3 is 2.50 bits per heavy atom. The summed E-state index contributed by atoms with van der Waals surface area (Å²) in [5.41, 5.74) is -0.588. The highest BCUT2D eigenvalue weighted by Gasteiger charge is 2.29. The molecule has 1 unspecified atom stereocenters. The van der Waals surface area contributed by atoms with E-state index in [1.165, 1.54) is 0 Å². The minimum absolute atomic E-state index is 0.0927. The highest BCUT2D eigenvalue weighted by Crippen LogP contribution is 2.24. The van der Waals surface area contributed by atoms with E-state index < -0.39 is 11.6 Å². The maximum Gasteiger partial charge on any atom is 0.261 e. The van der Waals surface area contributed by atoms with Crippen LogP contribution in [0, 0.1) is 0 Å². The van der Waals surface area contributed by atoms with Gasteiger partial charge in [-0.2, -0.15) is 0 Å². The number of nitrogens with one attached hydrogen (secondary N) is 1. The van der Waals surface area contributed by atoms with E-state index in [1.54, 1.807) is 31.2 Å².